The summed E-state index contributed by atoms with van der Waals surface area (Å²) in [5.41, 5.74) is 2.00. The average molecular weight is 551 g/mol. The van der Waals surface area contributed by atoms with Crippen LogP contribution in [0.4, 0.5) is 0 Å². The van der Waals surface area contributed by atoms with E-state index in [0.29, 0.717) is 13.0 Å². The molecule has 2 aliphatic rings. The molecule has 0 radical (unpaired) electrons. The van der Waals surface area contributed by atoms with Gasteiger partial charge in [-0.2, -0.15) is 0 Å². The maximum atomic E-state index is 12.7. The van der Waals surface area contributed by atoms with Gasteiger partial charge in [0.05, 0.1) is 26.2 Å². The van der Waals surface area contributed by atoms with Gasteiger partial charge in [0.25, 0.3) is 0 Å². The fraction of sp³-hybridized carbons (Fsp3) is 0.414. The maximum absolute atomic E-state index is 12.7. The second kappa shape index (κ2) is 13.3. The zero-order valence-corrected chi connectivity index (χ0v) is 22.7. The summed E-state index contributed by atoms with van der Waals surface area (Å²) in [6.07, 6.45) is 0.545. The lowest BCUT2D eigenvalue weighted by Gasteiger charge is -2.41. The molecule has 2 unspecified atom stereocenters. The highest BCUT2D eigenvalue weighted by atomic mass is 16.5. The number of hydrogen-bond acceptors (Lipinski definition) is 9. The summed E-state index contributed by atoms with van der Waals surface area (Å²) >= 11 is 0. The van der Waals surface area contributed by atoms with Gasteiger partial charge in [-0.25, -0.2) is 4.90 Å². The van der Waals surface area contributed by atoms with Gasteiger partial charge in [-0.15, -0.1) is 0 Å². The summed E-state index contributed by atoms with van der Waals surface area (Å²) in [6.45, 7) is 3.80. The predicted molar refractivity (Wildman–Crippen MR) is 144 cm³/mol. The molecule has 4 amide bonds. The normalized spacial score (nSPS) is 18.3. The Morgan fingerprint density at radius 1 is 0.800 bits per heavy atom. The summed E-state index contributed by atoms with van der Waals surface area (Å²) < 4.78 is 11.0. The molecule has 1 N–H and O–H groups in total. The first-order valence-electron chi connectivity index (χ1n) is 13.2. The van der Waals surface area contributed by atoms with Gasteiger partial charge in [0.1, 0.15) is 12.4 Å². The average Bonchev–Trinajstić information content (AvgIpc) is 2.94. The van der Waals surface area contributed by atoms with Gasteiger partial charge in [0.2, 0.25) is 23.6 Å². The van der Waals surface area contributed by atoms with Crippen molar-refractivity contribution in [1.29, 1.82) is 0 Å². The molecule has 2 saturated heterocycles. The molecule has 212 valence electrons. The molecule has 2 fully saturated rings. The van der Waals surface area contributed by atoms with Crippen molar-refractivity contribution >= 4 is 29.6 Å². The van der Waals surface area contributed by atoms with Crippen LogP contribution in [0, 0.1) is 0 Å². The lowest BCUT2D eigenvalue weighted by molar-refractivity contribution is -0.165. The Balaban J connectivity index is 1.19. The maximum Gasteiger partial charge on any atom is 0.307 e. The first kappa shape index (κ1) is 28.9. The van der Waals surface area contributed by atoms with Crippen LogP contribution >= 0.6 is 0 Å². The van der Waals surface area contributed by atoms with E-state index in [0.717, 1.165) is 21.8 Å². The molecule has 2 atom stereocenters. The molecule has 4 rings (SSSR count). The zero-order chi connectivity index (χ0) is 28.6. The van der Waals surface area contributed by atoms with E-state index in [1.54, 1.807) is 9.80 Å². The van der Waals surface area contributed by atoms with Crippen molar-refractivity contribution < 1.29 is 33.4 Å². The van der Waals surface area contributed by atoms with E-state index in [4.69, 9.17) is 9.47 Å². The van der Waals surface area contributed by atoms with E-state index in [2.05, 4.69) is 5.32 Å². The summed E-state index contributed by atoms with van der Waals surface area (Å²) in [5, 5.41) is 2.26. The van der Waals surface area contributed by atoms with Crippen molar-refractivity contribution in [3.8, 4) is 5.75 Å². The Morgan fingerprint density at radius 3 is 1.98 bits per heavy atom. The summed E-state index contributed by atoms with van der Waals surface area (Å²) in [4.78, 5) is 65.6. The number of carbonyl (C=O) groups excluding carboxylic acids is 5. The van der Waals surface area contributed by atoms with Crippen LogP contribution in [0.2, 0.25) is 0 Å². The fourth-order valence-electron chi connectivity index (χ4n) is 4.65. The molecule has 11 heteroatoms. The van der Waals surface area contributed by atoms with Crippen molar-refractivity contribution in [2.45, 2.75) is 45.4 Å². The van der Waals surface area contributed by atoms with Crippen molar-refractivity contribution in [3.05, 3.63) is 65.7 Å². The summed E-state index contributed by atoms with van der Waals surface area (Å²) in [7, 11) is 0. The Hall–Kier alpha value is -4.09. The monoisotopic (exact) mass is 550 g/mol. The number of ether oxygens (including phenoxy) is 2. The second-order valence-corrected chi connectivity index (χ2v) is 10.0. The van der Waals surface area contributed by atoms with E-state index in [1.807, 2.05) is 68.4 Å². The minimum absolute atomic E-state index is 0.0402. The minimum atomic E-state index is -0.512. The number of aryl methyl sites for hydroxylation is 1. The van der Waals surface area contributed by atoms with Crippen LogP contribution < -0.4 is 10.1 Å². The molecule has 40 heavy (non-hydrogen) atoms. The standard InChI is InChI=1S/C29H34N4O7/c1-20(31-14-25(34)30-26(35)15-31)21(2)32-16-27(36)33(28(37)17-32)19-40-29(38)13-10-22-8-11-24(12-9-22)39-18-23-6-4-3-5-7-23/h3-9,11-12,20-21H,10,13-19H2,1-2H3,(H,30,34,35). The van der Waals surface area contributed by atoms with Crippen molar-refractivity contribution in [1.82, 2.24) is 20.0 Å². The molecule has 0 bridgehead atoms. The van der Waals surface area contributed by atoms with Crippen molar-refractivity contribution in [2.24, 2.45) is 0 Å². The molecule has 0 saturated carbocycles. The van der Waals surface area contributed by atoms with Crippen LogP contribution in [0.25, 0.3) is 0 Å². The van der Waals surface area contributed by atoms with Crippen LogP contribution in [0.1, 0.15) is 31.4 Å². The number of nitrogens with zero attached hydrogens (tertiary/aromatic N) is 3. The van der Waals surface area contributed by atoms with Gasteiger partial charge in [0, 0.05) is 18.5 Å². The number of piperazine rings is 2. The first-order chi connectivity index (χ1) is 19.2. The number of nitrogens with one attached hydrogen (secondary N) is 1. The van der Waals surface area contributed by atoms with Crippen molar-refractivity contribution in [3.63, 3.8) is 0 Å². The quantitative estimate of drug-likeness (QED) is 0.323. The highest BCUT2D eigenvalue weighted by Gasteiger charge is 2.38. The van der Waals surface area contributed by atoms with Gasteiger partial charge in [-0.05, 0) is 43.5 Å². The molecular formula is C29H34N4O7. The third-order valence-corrected chi connectivity index (χ3v) is 7.25. The fourth-order valence-corrected chi connectivity index (χ4v) is 4.65. The van der Waals surface area contributed by atoms with Crippen molar-refractivity contribution in [2.75, 3.05) is 32.9 Å². The molecule has 0 aliphatic carbocycles. The highest BCUT2D eigenvalue weighted by Crippen LogP contribution is 2.17. The Kier molecular flexibility index (Phi) is 9.62. The Morgan fingerprint density at radius 2 is 1.38 bits per heavy atom. The van der Waals surface area contributed by atoms with Crippen LogP contribution in [0.5, 0.6) is 5.75 Å². The third-order valence-electron chi connectivity index (χ3n) is 7.25. The predicted octanol–water partition coefficient (Wildman–Crippen LogP) is 1.11. The molecule has 0 aromatic heterocycles. The minimum Gasteiger partial charge on any atom is -0.489 e. The number of hydrogen-bond donors (Lipinski definition) is 1. The second-order valence-electron chi connectivity index (χ2n) is 10.0. The molecule has 2 aliphatic heterocycles. The van der Waals surface area contributed by atoms with Crippen LogP contribution in [-0.4, -0.2) is 89.3 Å². The number of amides is 4. The number of carbonyl (C=O) groups is 5. The van der Waals surface area contributed by atoms with E-state index < -0.39 is 24.5 Å². The SMILES string of the molecule is CC(C(C)N1CC(=O)N(COC(=O)CCc2ccc(OCc3ccccc3)cc2)C(=O)C1)N1CC(=O)NC(=O)C1. The zero-order valence-electron chi connectivity index (χ0n) is 22.7. The smallest absolute Gasteiger partial charge is 0.307 e. The lowest BCUT2D eigenvalue weighted by Crippen LogP contribution is -2.62. The van der Waals surface area contributed by atoms with E-state index in [-0.39, 0.29) is 56.5 Å². The lowest BCUT2D eigenvalue weighted by atomic mass is 10.1. The highest BCUT2D eigenvalue weighted by molar-refractivity contribution is 6.00. The summed E-state index contributed by atoms with van der Waals surface area (Å²) in [5.74, 6) is -1.48. The van der Waals surface area contributed by atoms with Gasteiger partial charge in [-0.1, -0.05) is 42.5 Å². The van der Waals surface area contributed by atoms with Gasteiger partial charge in [0.15, 0.2) is 6.73 Å². The van der Waals surface area contributed by atoms with E-state index in [9.17, 15) is 24.0 Å². The first-order valence-corrected chi connectivity index (χ1v) is 13.2. The van der Waals surface area contributed by atoms with Crippen LogP contribution in [-0.2, 0) is 41.7 Å². The number of imide groups is 2. The largest absolute Gasteiger partial charge is 0.489 e. The number of rotatable bonds is 11. The van der Waals surface area contributed by atoms with E-state index >= 15 is 0 Å². The molecule has 11 nitrogen and oxygen atoms in total. The molecule has 0 spiro atoms. The van der Waals surface area contributed by atoms with Gasteiger partial charge < -0.3 is 9.47 Å². The van der Waals surface area contributed by atoms with Crippen LogP contribution in [0.3, 0.4) is 0 Å². The topological polar surface area (TPSA) is 126 Å². The molecule has 2 aromatic rings. The Bertz CT molecular complexity index is 1200. The Labute approximate surface area is 233 Å². The summed E-state index contributed by atoms with van der Waals surface area (Å²) in [6, 6.07) is 16.8. The van der Waals surface area contributed by atoms with Crippen LogP contribution in [0.15, 0.2) is 54.6 Å². The molecule has 2 heterocycles. The molecule has 2 aromatic carbocycles. The van der Waals surface area contributed by atoms with Gasteiger partial charge in [-0.3, -0.25) is 39.1 Å². The van der Waals surface area contributed by atoms with E-state index in [1.165, 1.54) is 0 Å². The van der Waals surface area contributed by atoms with Gasteiger partial charge >= 0.3 is 5.97 Å². The number of esters is 1. The third kappa shape index (κ3) is 7.73. The molecular weight excluding hydrogens is 516 g/mol. The number of benzene rings is 2.